The third-order valence-electron chi connectivity index (χ3n) is 5.60. The quantitative estimate of drug-likeness (QED) is 0.287. The summed E-state index contributed by atoms with van der Waals surface area (Å²) >= 11 is 0. The molecular formula is C27H31N3O6S. The topological polar surface area (TPSA) is 107 Å². The van der Waals surface area contributed by atoms with Crippen LogP contribution in [0.1, 0.15) is 16.7 Å². The van der Waals surface area contributed by atoms with E-state index in [4.69, 9.17) is 14.2 Å². The van der Waals surface area contributed by atoms with Gasteiger partial charge in [0.05, 0.1) is 39.0 Å². The molecule has 0 heterocycles. The zero-order chi connectivity index (χ0) is 26.8. The maximum Gasteiger partial charge on any atom is 0.255 e. The van der Waals surface area contributed by atoms with Crippen molar-refractivity contribution >= 4 is 22.1 Å². The molecule has 3 aromatic carbocycles. The maximum atomic E-state index is 13.4. The number of ether oxygens (including phenoxy) is 3. The van der Waals surface area contributed by atoms with Gasteiger partial charge in [0.1, 0.15) is 0 Å². The fourth-order valence-electron chi connectivity index (χ4n) is 3.64. The molecule has 1 N–H and O–H groups in total. The Bertz CT molecular complexity index is 1330. The number of hydrazone groups is 1. The summed E-state index contributed by atoms with van der Waals surface area (Å²) < 4.78 is 43.9. The van der Waals surface area contributed by atoms with Crippen LogP contribution in [0.15, 0.2) is 76.7 Å². The standard InChI is InChI=1S/C27H31N3O6S/c1-20-10-13-23(14-11-20)37(32,33)30(17-16-21-8-6-5-7-9-21)19-25(31)29-28-18-22-12-15-24(34-2)27(36-4)26(22)35-3/h5-15,18H,16-17,19H2,1-4H3,(H,29,31)/b28-18-. The van der Waals surface area contributed by atoms with Crippen molar-refractivity contribution < 1.29 is 27.4 Å². The Morgan fingerprint density at radius 1 is 0.919 bits per heavy atom. The highest BCUT2D eigenvalue weighted by Gasteiger charge is 2.26. The second kappa shape index (κ2) is 12.9. The van der Waals surface area contributed by atoms with Crippen molar-refractivity contribution in [3.05, 3.63) is 83.4 Å². The van der Waals surface area contributed by atoms with Crippen LogP contribution in [0, 0.1) is 6.92 Å². The highest BCUT2D eigenvalue weighted by Crippen LogP contribution is 2.38. The molecule has 0 aromatic heterocycles. The molecule has 37 heavy (non-hydrogen) atoms. The van der Waals surface area contributed by atoms with Crippen LogP contribution >= 0.6 is 0 Å². The molecule has 3 aromatic rings. The van der Waals surface area contributed by atoms with Gasteiger partial charge in [0.15, 0.2) is 11.5 Å². The number of sulfonamides is 1. The summed E-state index contributed by atoms with van der Waals surface area (Å²) in [6.45, 7) is 1.60. The van der Waals surface area contributed by atoms with Gasteiger partial charge in [-0.25, -0.2) is 13.8 Å². The number of hydrogen-bond acceptors (Lipinski definition) is 7. The molecule has 0 aliphatic rings. The number of hydrogen-bond donors (Lipinski definition) is 1. The molecule has 10 heteroatoms. The van der Waals surface area contributed by atoms with Gasteiger partial charge in [-0.1, -0.05) is 48.0 Å². The number of nitrogens with zero attached hydrogens (tertiary/aromatic N) is 2. The normalized spacial score (nSPS) is 11.5. The van der Waals surface area contributed by atoms with Crippen LogP contribution < -0.4 is 19.6 Å². The lowest BCUT2D eigenvalue weighted by molar-refractivity contribution is -0.121. The average Bonchev–Trinajstić information content (AvgIpc) is 2.91. The van der Waals surface area contributed by atoms with Gasteiger partial charge in [0.2, 0.25) is 15.8 Å². The van der Waals surface area contributed by atoms with E-state index in [-0.39, 0.29) is 11.4 Å². The molecule has 9 nitrogen and oxygen atoms in total. The first kappa shape index (κ1) is 27.7. The van der Waals surface area contributed by atoms with Crippen LogP contribution in [-0.4, -0.2) is 59.3 Å². The Hall–Kier alpha value is -3.89. The Labute approximate surface area is 217 Å². The number of rotatable bonds is 12. The Kier molecular flexibility index (Phi) is 9.64. The van der Waals surface area contributed by atoms with Crippen LogP contribution in [0.5, 0.6) is 17.2 Å². The van der Waals surface area contributed by atoms with Gasteiger partial charge in [-0.05, 0) is 43.2 Å². The maximum absolute atomic E-state index is 13.4. The molecule has 0 atom stereocenters. The van der Waals surface area contributed by atoms with Crippen LogP contribution in [0.3, 0.4) is 0 Å². The molecule has 3 rings (SSSR count). The molecular weight excluding hydrogens is 494 g/mol. The molecule has 0 saturated carbocycles. The monoisotopic (exact) mass is 525 g/mol. The fraction of sp³-hybridized carbons (Fsp3) is 0.259. The zero-order valence-electron chi connectivity index (χ0n) is 21.3. The van der Waals surface area contributed by atoms with E-state index in [9.17, 15) is 13.2 Å². The molecule has 0 bridgehead atoms. The van der Waals surface area contributed by atoms with Gasteiger partial charge < -0.3 is 14.2 Å². The van der Waals surface area contributed by atoms with Crippen LogP contribution in [0.25, 0.3) is 0 Å². The van der Waals surface area contributed by atoms with E-state index in [1.807, 2.05) is 37.3 Å². The van der Waals surface area contributed by atoms with Gasteiger partial charge in [0.25, 0.3) is 5.91 Å². The van der Waals surface area contributed by atoms with Gasteiger partial charge in [0, 0.05) is 12.1 Å². The van der Waals surface area contributed by atoms with Crippen LogP contribution in [0.2, 0.25) is 0 Å². The van der Waals surface area contributed by atoms with Crippen molar-refractivity contribution in [1.29, 1.82) is 0 Å². The Morgan fingerprint density at radius 3 is 2.22 bits per heavy atom. The first-order chi connectivity index (χ1) is 17.8. The minimum atomic E-state index is -3.92. The summed E-state index contributed by atoms with van der Waals surface area (Å²) in [7, 11) is 0.564. The van der Waals surface area contributed by atoms with Crippen molar-refractivity contribution in [3.8, 4) is 17.2 Å². The summed E-state index contributed by atoms with van der Waals surface area (Å²) in [4.78, 5) is 12.9. The second-order valence-corrected chi connectivity index (χ2v) is 10.0. The Morgan fingerprint density at radius 2 is 1.59 bits per heavy atom. The first-order valence-corrected chi connectivity index (χ1v) is 13.0. The lowest BCUT2D eigenvalue weighted by Crippen LogP contribution is -2.40. The van der Waals surface area contributed by atoms with Gasteiger partial charge >= 0.3 is 0 Å². The molecule has 196 valence electrons. The number of nitrogens with one attached hydrogen (secondary N) is 1. The molecule has 0 radical (unpaired) electrons. The number of amides is 1. The predicted octanol–water partition coefficient (Wildman–Crippen LogP) is 3.40. The van der Waals surface area contributed by atoms with E-state index in [1.54, 1.807) is 36.4 Å². The highest BCUT2D eigenvalue weighted by molar-refractivity contribution is 7.89. The van der Waals surface area contributed by atoms with Crippen LogP contribution in [-0.2, 0) is 21.2 Å². The zero-order valence-corrected chi connectivity index (χ0v) is 22.1. The average molecular weight is 526 g/mol. The minimum Gasteiger partial charge on any atom is -0.493 e. The Balaban J connectivity index is 1.77. The number of carbonyl (C=O) groups excluding carboxylic acids is 1. The van der Waals surface area contributed by atoms with Crippen molar-refractivity contribution in [3.63, 3.8) is 0 Å². The van der Waals surface area contributed by atoms with Crippen molar-refractivity contribution in [2.75, 3.05) is 34.4 Å². The summed E-state index contributed by atoms with van der Waals surface area (Å²) in [5.41, 5.74) is 4.84. The molecule has 0 aliphatic heterocycles. The second-order valence-electron chi connectivity index (χ2n) is 8.10. The molecule has 1 amide bonds. The number of carbonyl (C=O) groups is 1. The van der Waals surface area contributed by atoms with Crippen molar-refractivity contribution in [2.45, 2.75) is 18.2 Å². The van der Waals surface area contributed by atoms with E-state index in [1.165, 1.54) is 27.5 Å². The van der Waals surface area contributed by atoms with E-state index in [0.29, 0.717) is 29.2 Å². The summed E-state index contributed by atoms with van der Waals surface area (Å²) in [5, 5.41) is 4.00. The molecule has 0 spiro atoms. The van der Waals surface area contributed by atoms with E-state index < -0.39 is 22.5 Å². The van der Waals surface area contributed by atoms with Gasteiger partial charge in [-0.15, -0.1) is 0 Å². The van der Waals surface area contributed by atoms with E-state index in [0.717, 1.165) is 15.4 Å². The van der Waals surface area contributed by atoms with Crippen molar-refractivity contribution in [2.24, 2.45) is 5.10 Å². The summed E-state index contributed by atoms with van der Waals surface area (Å²) in [5.74, 6) is 0.665. The fourth-order valence-corrected chi connectivity index (χ4v) is 5.03. The largest absolute Gasteiger partial charge is 0.493 e. The summed E-state index contributed by atoms with van der Waals surface area (Å²) in [6.07, 6.45) is 1.84. The van der Waals surface area contributed by atoms with Gasteiger partial charge in [-0.2, -0.15) is 9.41 Å². The number of aryl methyl sites for hydroxylation is 1. The SMILES string of the molecule is COc1ccc(/C=N\NC(=O)CN(CCc2ccccc2)S(=O)(=O)c2ccc(C)cc2)c(OC)c1OC. The van der Waals surface area contributed by atoms with Crippen molar-refractivity contribution in [1.82, 2.24) is 9.73 Å². The third-order valence-corrected chi connectivity index (χ3v) is 7.46. The van der Waals surface area contributed by atoms with E-state index in [2.05, 4.69) is 10.5 Å². The van der Waals surface area contributed by atoms with E-state index >= 15 is 0 Å². The predicted molar refractivity (Wildman–Crippen MR) is 142 cm³/mol. The first-order valence-electron chi connectivity index (χ1n) is 11.5. The molecule has 0 aliphatic carbocycles. The molecule has 0 unspecified atom stereocenters. The van der Waals surface area contributed by atoms with Gasteiger partial charge in [-0.3, -0.25) is 4.79 Å². The number of benzene rings is 3. The third kappa shape index (κ3) is 7.08. The smallest absolute Gasteiger partial charge is 0.255 e. The molecule has 0 fully saturated rings. The highest BCUT2D eigenvalue weighted by atomic mass is 32.2. The molecule has 0 saturated heterocycles. The lowest BCUT2D eigenvalue weighted by Gasteiger charge is -2.21. The van der Waals surface area contributed by atoms with Crippen LogP contribution in [0.4, 0.5) is 0 Å². The lowest BCUT2D eigenvalue weighted by atomic mass is 10.1. The summed E-state index contributed by atoms with van der Waals surface area (Å²) in [6, 6.07) is 19.4. The minimum absolute atomic E-state index is 0.123. The number of methoxy groups -OCH3 is 3.